The van der Waals surface area contributed by atoms with Gasteiger partial charge in [-0.3, -0.25) is 5.32 Å². The van der Waals surface area contributed by atoms with Gasteiger partial charge >= 0.3 is 0 Å². The SMILES string of the molecule is COc1ccc(Oc2ccccc2)cc1N=C(NC#N)SC. The number of hydrogen-bond donors (Lipinski definition) is 1. The summed E-state index contributed by atoms with van der Waals surface area (Å²) in [4.78, 5) is 4.38. The molecule has 2 aromatic carbocycles. The average Bonchev–Trinajstić information content (AvgIpc) is 2.55. The summed E-state index contributed by atoms with van der Waals surface area (Å²) < 4.78 is 11.1. The summed E-state index contributed by atoms with van der Waals surface area (Å²) in [6, 6.07) is 14.8. The van der Waals surface area contributed by atoms with Gasteiger partial charge in [0.1, 0.15) is 22.9 Å². The van der Waals surface area contributed by atoms with Crippen LogP contribution in [0.3, 0.4) is 0 Å². The number of para-hydroxylation sites is 1. The minimum atomic E-state index is 0.484. The maximum atomic E-state index is 8.71. The van der Waals surface area contributed by atoms with Crippen LogP contribution < -0.4 is 14.8 Å². The highest BCUT2D eigenvalue weighted by Crippen LogP contribution is 2.34. The fourth-order valence-electron chi connectivity index (χ4n) is 1.73. The summed E-state index contributed by atoms with van der Waals surface area (Å²) in [5.41, 5.74) is 0.586. The molecule has 0 saturated heterocycles. The van der Waals surface area contributed by atoms with Crippen LogP contribution in [0, 0.1) is 11.5 Å². The number of benzene rings is 2. The molecule has 0 spiro atoms. The van der Waals surface area contributed by atoms with Gasteiger partial charge in [0.25, 0.3) is 0 Å². The zero-order chi connectivity index (χ0) is 15.8. The molecule has 2 aromatic rings. The first-order valence-electron chi connectivity index (χ1n) is 6.45. The van der Waals surface area contributed by atoms with Crippen molar-refractivity contribution in [3.8, 4) is 23.4 Å². The number of nitrogens with zero attached hydrogens (tertiary/aromatic N) is 2. The molecule has 0 aliphatic rings. The van der Waals surface area contributed by atoms with E-state index in [1.54, 1.807) is 25.3 Å². The van der Waals surface area contributed by atoms with E-state index in [0.29, 0.717) is 22.4 Å². The first-order chi connectivity index (χ1) is 10.8. The number of ether oxygens (including phenoxy) is 2. The fraction of sp³-hybridized carbons (Fsp3) is 0.125. The minimum Gasteiger partial charge on any atom is -0.494 e. The number of nitrogens with one attached hydrogen (secondary N) is 1. The van der Waals surface area contributed by atoms with Crippen LogP contribution in [-0.2, 0) is 0 Å². The molecule has 112 valence electrons. The lowest BCUT2D eigenvalue weighted by molar-refractivity contribution is 0.414. The van der Waals surface area contributed by atoms with Gasteiger partial charge in [0.15, 0.2) is 11.4 Å². The van der Waals surface area contributed by atoms with Crippen molar-refractivity contribution in [1.82, 2.24) is 5.32 Å². The van der Waals surface area contributed by atoms with E-state index in [9.17, 15) is 0 Å². The summed E-state index contributed by atoms with van der Waals surface area (Å²) in [5.74, 6) is 1.98. The summed E-state index contributed by atoms with van der Waals surface area (Å²) in [6.45, 7) is 0. The van der Waals surface area contributed by atoms with Gasteiger partial charge in [0, 0.05) is 6.07 Å². The number of rotatable bonds is 4. The molecule has 2 rings (SSSR count). The second-order valence-corrected chi connectivity index (χ2v) is 4.90. The Morgan fingerprint density at radius 3 is 2.59 bits per heavy atom. The first kappa shape index (κ1) is 15.7. The smallest absolute Gasteiger partial charge is 0.183 e. The average molecular weight is 313 g/mol. The van der Waals surface area contributed by atoms with Gasteiger partial charge in [0.05, 0.1) is 7.11 Å². The Morgan fingerprint density at radius 2 is 1.95 bits per heavy atom. The maximum Gasteiger partial charge on any atom is 0.183 e. The van der Waals surface area contributed by atoms with Crippen molar-refractivity contribution in [3.05, 3.63) is 48.5 Å². The Balaban J connectivity index is 2.32. The highest BCUT2D eigenvalue weighted by Gasteiger charge is 2.07. The highest BCUT2D eigenvalue weighted by atomic mass is 32.2. The number of thioether (sulfide) groups is 1. The van der Waals surface area contributed by atoms with Gasteiger partial charge in [-0.25, -0.2) is 4.99 Å². The zero-order valence-electron chi connectivity index (χ0n) is 12.2. The Morgan fingerprint density at radius 1 is 1.18 bits per heavy atom. The Hall–Kier alpha value is -2.65. The first-order valence-corrected chi connectivity index (χ1v) is 7.68. The van der Waals surface area contributed by atoms with Crippen molar-refractivity contribution < 1.29 is 9.47 Å². The van der Waals surface area contributed by atoms with Crippen LogP contribution in [0.4, 0.5) is 5.69 Å². The molecule has 0 amide bonds. The molecule has 5 nitrogen and oxygen atoms in total. The van der Waals surface area contributed by atoms with E-state index < -0.39 is 0 Å². The fourth-order valence-corrected chi connectivity index (χ4v) is 2.06. The third kappa shape index (κ3) is 4.17. The Labute approximate surface area is 133 Å². The van der Waals surface area contributed by atoms with Crippen LogP contribution >= 0.6 is 11.8 Å². The van der Waals surface area contributed by atoms with Crippen molar-refractivity contribution in [3.63, 3.8) is 0 Å². The zero-order valence-corrected chi connectivity index (χ0v) is 13.1. The van der Waals surface area contributed by atoms with Crippen LogP contribution in [0.5, 0.6) is 17.2 Å². The standard InChI is InChI=1S/C16H15N3O2S/c1-20-15-9-8-13(21-12-6-4-3-5-7-12)10-14(15)19-16(22-2)18-11-17/h3-10H,1-2H3,(H,18,19). The molecule has 0 radical (unpaired) electrons. The van der Waals surface area contributed by atoms with Gasteiger partial charge in [-0.1, -0.05) is 30.0 Å². The lowest BCUT2D eigenvalue weighted by Crippen LogP contribution is -2.12. The van der Waals surface area contributed by atoms with Crippen molar-refractivity contribution in [2.75, 3.05) is 13.4 Å². The molecule has 1 N–H and O–H groups in total. The monoisotopic (exact) mass is 313 g/mol. The van der Waals surface area contributed by atoms with E-state index >= 15 is 0 Å². The molecular weight excluding hydrogens is 298 g/mol. The predicted molar refractivity (Wildman–Crippen MR) is 88.9 cm³/mol. The minimum absolute atomic E-state index is 0.484. The summed E-state index contributed by atoms with van der Waals surface area (Å²) in [7, 11) is 1.57. The molecule has 22 heavy (non-hydrogen) atoms. The molecular formula is C16H15N3O2S. The van der Waals surface area contributed by atoms with E-state index in [0.717, 1.165) is 5.75 Å². The maximum absolute atomic E-state index is 8.71. The topological polar surface area (TPSA) is 66.6 Å². The van der Waals surface area contributed by atoms with Crippen molar-refractivity contribution >= 4 is 22.6 Å². The Bertz CT molecular complexity index is 696. The van der Waals surface area contributed by atoms with Gasteiger partial charge in [-0.2, -0.15) is 5.26 Å². The molecule has 0 aliphatic carbocycles. The normalized spacial score (nSPS) is 10.7. The van der Waals surface area contributed by atoms with E-state index in [2.05, 4.69) is 10.3 Å². The summed E-state index contributed by atoms with van der Waals surface area (Å²) in [6.07, 6.45) is 3.69. The quantitative estimate of drug-likeness (QED) is 0.401. The van der Waals surface area contributed by atoms with Crippen molar-refractivity contribution in [2.45, 2.75) is 0 Å². The van der Waals surface area contributed by atoms with Gasteiger partial charge in [-0.15, -0.1) is 0 Å². The summed E-state index contributed by atoms with van der Waals surface area (Å²) >= 11 is 1.34. The number of hydrogen-bond acceptors (Lipinski definition) is 5. The van der Waals surface area contributed by atoms with E-state index in [4.69, 9.17) is 14.7 Å². The number of nitriles is 1. The number of methoxy groups -OCH3 is 1. The van der Waals surface area contributed by atoms with E-state index in [-0.39, 0.29) is 0 Å². The van der Waals surface area contributed by atoms with Crippen LogP contribution in [0.15, 0.2) is 53.5 Å². The molecule has 0 fully saturated rings. The molecule has 0 saturated carbocycles. The molecule has 0 aromatic heterocycles. The third-order valence-electron chi connectivity index (χ3n) is 2.71. The molecule has 0 bridgehead atoms. The van der Waals surface area contributed by atoms with Crippen molar-refractivity contribution in [1.29, 1.82) is 5.26 Å². The molecule has 0 unspecified atom stereocenters. The molecule has 0 heterocycles. The van der Waals surface area contributed by atoms with Crippen LogP contribution in [0.2, 0.25) is 0 Å². The lowest BCUT2D eigenvalue weighted by atomic mass is 10.2. The number of amidine groups is 1. The van der Waals surface area contributed by atoms with Crippen molar-refractivity contribution in [2.24, 2.45) is 4.99 Å². The van der Waals surface area contributed by atoms with Crippen LogP contribution in [0.1, 0.15) is 0 Å². The second kappa shape index (κ2) is 7.96. The number of aliphatic imine (C=N–C) groups is 1. The lowest BCUT2D eigenvalue weighted by Gasteiger charge is -2.10. The molecule has 6 heteroatoms. The van der Waals surface area contributed by atoms with Crippen LogP contribution in [0.25, 0.3) is 0 Å². The third-order valence-corrected chi connectivity index (χ3v) is 3.29. The van der Waals surface area contributed by atoms with Gasteiger partial charge in [-0.05, 0) is 30.5 Å². The van der Waals surface area contributed by atoms with Gasteiger partial charge < -0.3 is 9.47 Å². The highest BCUT2D eigenvalue weighted by molar-refractivity contribution is 8.13. The van der Waals surface area contributed by atoms with Gasteiger partial charge in [0.2, 0.25) is 0 Å². The molecule has 0 aliphatic heterocycles. The second-order valence-electron chi connectivity index (χ2n) is 4.11. The Kier molecular flexibility index (Phi) is 5.69. The predicted octanol–water partition coefficient (Wildman–Crippen LogP) is 3.91. The summed E-state index contributed by atoms with van der Waals surface area (Å²) in [5, 5.41) is 11.7. The molecule has 0 atom stereocenters. The largest absolute Gasteiger partial charge is 0.494 e. The van der Waals surface area contributed by atoms with E-state index in [1.165, 1.54) is 11.8 Å². The van der Waals surface area contributed by atoms with E-state index in [1.807, 2.05) is 42.8 Å². The van der Waals surface area contributed by atoms with Crippen LogP contribution in [-0.4, -0.2) is 18.5 Å².